The number of halogens is 2. The van der Waals surface area contributed by atoms with Crippen molar-refractivity contribution in [2.45, 2.75) is 6.54 Å². The molecular formula is C18H15F2NO5. The molecule has 2 aromatic rings. The zero-order valence-corrected chi connectivity index (χ0v) is 13.8. The summed E-state index contributed by atoms with van der Waals surface area (Å²) in [6.45, 7) is -0.455. The number of carbonyl (C=O) groups is 3. The predicted molar refractivity (Wildman–Crippen MR) is 86.3 cm³/mol. The number of hydrogen-bond acceptors (Lipinski definition) is 5. The van der Waals surface area contributed by atoms with Crippen LogP contribution in [0.25, 0.3) is 0 Å². The van der Waals surface area contributed by atoms with E-state index in [2.05, 4.69) is 10.1 Å². The van der Waals surface area contributed by atoms with Crippen LogP contribution in [0.2, 0.25) is 0 Å². The van der Waals surface area contributed by atoms with Crippen molar-refractivity contribution in [2.75, 3.05) is 13.7 Å². The Kier molecular flexibility index (Phi) is 6.37. The third-order valence-electron chi connectivity index (χ3n) is 3.30. The van der Waals surface area contributed by atoms with Crippen molar-refractivity contribution in [1.29, 1.82) is 0 Å². The Morgan fingerprint density at radius 3 is 2.12 bits per heavy atom. The number of carbonyl (C=O) groups excluding carboxylic acids is 3. The quantitative estimate of drug-likeness (QED) is 0.796. The van der Waals surface area contributed by atoms with E-state index in [0.717, 1.165) is 12.1 Å². The molecule has 0 radical (unpaired) electrons. The van der Waals surface area contributed by atoms with E-state index in [1.165, 1.54) is 7.11 Å². The number of rotatable bonds is 6. The number of ether oxygens (including phenoxy) is 2. The van der Waals surface area contributed by atoms with Crippen molar-refractivity contribution in [3.05, 3.63) is 70.8 Å². The van der Waals surface area contributed by atoms with E-state index in [1.54, 1.807) is 24.3 Å². The highest BCUT2D eigenvalue weighted by molar-refractivity contribution is 5.91. The molecule has 0 aliphatic carbocycles. The molecule has 0 unspecified atom stereocenters. The molecule has 8 heteroatoms. The minimum absolute atomic E-state index is 0.145. The molecule has 0 heterocycles. The molecule has 136 valence electrons. The minimum Gasteiger partial charge on any atom is -0.465 e. The van der Waals surface area contributed by atoms with Crippen molar-refractivity contribution in [1.82, 2.24) is 5.32 Å². The molecule has 2 aromatic carbocycles. The number of nitrogens with one attached hydrogen (secondary N) is 1. The second kappa shape index (κ2) is 8.70. The maximum Gasteiger partial charge on any atom is 0.338 e. The van der Waals surface area contributed by atoms with Crippen LogP contribution in [0.5, 0.6) is 0 Å². The lowest BCUT2D eigenvalue weighted by Crippen LogP contribution is -2.28. The number of amides is 1. The highest BCUT2D eigenvalue weighted by Crippen LogP contribution is 2.09. The van der Waals surface area contributed by atoms with Gasteiger partial charge in [0.05, 0.1) is 18.2 Å². The molecule has 0 saturated heterocycles. The SMILES string of the molecule is COC(=O)c1ccc(CNC(=O)COC(=O)c2cc(F)cc(F)c2)cc1. The van der Waals surface area contributed by atoms with Crippen molar-refractivity contribution >= 4 is 17.8 Å². The van der Waals surface area contributed by atoms with Crippen LogP contribution < -0.4 is 5.32 Å². The average Bonchev–Trinajstić information content (AvgIpc) is 2.63. The summed E-state index contributed by atoms with van der Waals surface area (Å²) in [6, 6.07) is 8.60. The molecule has 0 aliphatic heterocycles. The molecule has 0 aromatic heterocycles. The van der Waals surface area contributed by atoms with Gasteiger partial charge in [-0.3, -0.25) is 4.79 Å². The summed E-state index contributed by atoms with van der Waals surface area (Å²) in [7, 11) is 1.27. The lowest BCUT2D eigenvalue weighted by molar-refractivity contribution is -0.124. The first-order valence-electron chi connectivity index (χ1n) is 7.46. The van der Waals surface area contributed by atoms with Gasteiger partial charge in [-0.1, -0.05) is 12.1 Å². The molecule has 2 rings (SSSR count). The minimum atomic E-state index is -1.01. The van der Waals surface area contributed by atoms with E-state index < -0.39 is 36.1 Å². The van der Waals surface area contributed by atoms with Crippen LogP contribution in [0, 0.1) is 11.6 Å². The van der Waals surface area contributed by atoms with Crippen molar-refractivity contribution in [3.8, 4) is 0 Å². The van der Waals surface area contributed by atoms with Gasteiger partial charge < -0.3 is 14.8 Å². The number of hydrogen-bond donors (Lipinski definition) is 1. The van der Waals surface area contributed by atoms with Crippen LogP contribution in [0.3, 0.4) is 0 Å². The Balaban J connectivity index is 1.81. The van der Waals surface area contributed by atoms with Gasteiger partial charge in [-0.25, -0.2) is 18.4 Å². The Hall–Kier alpha value is -3.29. The zero-order valence-electron chi connectivity index (χ0n) is 13.8. The van der Waals surface area contributed by atoms with E-state index in [0.29, 0.717) is 17.2 Å². The fraction of sp³-hybridized carbons (Fsp3) is 0.167. The van der Waals surface area contributed by atoms with E-state index in [1.807, 2.05) is 0 Å². The van der Waals surface area contributed by atoms with Gasteiger partial charge in [0.2, 0.25) is 0 Å². The summed E-state index contributed by atoms with van der Waals surface area (Å²) in [5.41, 5.74) is 0.761. The molecule has 0 aliphatic rings. The Morgan fingerprint density at radius 2 is 1.54 bits per heavy atom. The van der Waals surface area contributed by atoms with Crippen LogP contribution in [0.1, 0.15) is 26.3 Å². The molecule has 0 atom stereocenters. The third-order valence-corrected chi connectivity index (χ3v) is 3.30. The normalized spacial score (nSPS) is 10.1. The van der Waals surface area contributed by atoms with Crippen molar-refractivity contribution in [2.24, 2.45) is 0 Å². The maximum atomic E-state index is 13.0. The second-order valence-electron chi connectivity index (χ2n) is 5.20. The summed E-state index contributed by atoms with van der Waals surface area (Å²) in [5.74, 6) is -3.91. The Labute approximate surface area is 147 Å². The first-order valence-corrected chi connectivity index (χ1v) is 7.46. The molecule has 26 heavy (non-hydrogen) atoms. The topological polar surface area (TPSA) is 81.7 Å². The van der Waals surface area contributed by atoms with Gasteiger partial charge in [0.25, 0.3) is 5.91 Å². The van der Waals surface area contributed by atoms with E-state index >= 15 is 0 Å². The van der Waals surface area contributed by atoms with Gasteiger partial charge in [0.15, 0.2) is 6.61 Å². The molecule has 0 spiro atoms. The average molecular weight is 363 g/mol. The monoisotopic (exact) mass is 363 g/mol. The van der Waals surface area contributed by atoms with Crippen LogP contribution in [-0.4, -0.2) is 31.6 Å². The van der Waals surface area contributed by atoms with Crippen LogP contribution >= 0.6 is 0 Å². The van der Waals surface area contributed by atoms with Gasteiger partial charge in [-0.2, -0.15) is 0 Å². The first kappa shape index (κ1) is 19.0. The summed E-state index contributed by atoms with van der Waals surface area (Å²) in [5, 5.41) is 2.51. The molecule has 0 bridgehead atoms. The number of benzene rings is 2. The van der Waals surface area contributed by atoms with Gasteiger partial charge in [0, 0.05) is 12.6 Å². The molecule has 0 saturated carbocycles. The lowest BCUT2D eigenvalue weighted by atomic mass is 10.1. The van der Waals surface area contributed by atoms with Crippen molar-refractivity contribution in [3.63, 3.8) is 0 Å². The Bertz CT molecular complexity index is 801. The van der Waals surface area contributed by atoms with Crippen molar-refractivity contribution < 1.29 is 32.6 Å². The molecular weight excluding hydrogens is 348 g/mol. The number of methoxy groups -OCH3 is 1. The van der Waals surface area contributed by atoms with Crippen LogP contribution in [0.4, 0.5) is 8.78 Å². The fourth-order valence-corrected chi connectivity index (χ4v) is 2.01. The van der Waals surface area contributed by atoms with Gasteiger partial charge in [-0.15, -0.1) is 0 Å². The highest BCUT2D eigenvalue weighted by Gasteiger charge is 2.13. The van der Waals surface area contributed by atoms with Gasteiger partial charge >= 0.3 is 11.9 Å². The van der Waals surface area contributed by atoms with E-state index in [-0.39, 0.29) is 12.1 Å². The zero-order chi connectivity index (χ0) is 19.1. The summed E-state index contributed by atoms with van der Waals surface area (Å²) in [6.07, 6.45) is 0. The lowest BCUT2D eigenvalue weighted by Gasteiger charge is -2.07. The maximum absolute atomic E-state index is 13.0. The molecule has 1 amide bonds. The van der Waals surface area contributed by atoms with E-state index in [9.17, 15) is 23.2 Å². The third kappa shape index (κ3) is 5.37. The summed E-state index contributed by atoms with van der Waals surface area (Å²) >= 11 is 0. The molecule has 1 N–H and O–H groups in total. The predicted octanol–water partition coefficient (Wildman–Crippen LogP) is 2.22. The standard InChI is InChI=1S/C18H15F2NO5/c1-25-17(23)12-4-2-11(3-5-12)9-21-16(22)10-26-18(24)13-6-14(19)8-15(20)7-13/h2-8H,9-10H2,1H3,(H,21,22). The summed E-state index contributed by atoms with van der Waals surface area (Å²) < 4.78 is 35.4. The van der Waals surface area contributed by atoms with Crippen LogP contribution in [0.15, 0.2) is 42.5 Å². The van der Waals surface area contributed by atoms with Gasteiger partial charge in [0.1, 0.15) is 11.6 Å². The largest absolute Gasteiger partial charge is 0.465 e. The number of esters is 2. The summed E-state index contributed by atoms with van der Waals surface area (Å²) in [4.78, 5) is 34.7. The fourth-order valence-electron chi connectivity index (χ4n) is 2.01. The van der Waals surface area contributed by atoms with Gasteiger partial charge in [-0.05, 0) is 29.8 Å². The first-order chi connectivity index (χ1) is 12.4. The molecule has 0 fully saturated rings. The molecule has 6 nitrogen and oxygen atoms in total. The smallest absolute Gasteiger partial charge is 0.338 e. The van der Waals surface area contributed by atoms with E-state index in [4.69, 9.17) is 4.74 Å². The second-order valence-corrected chi connectivity index (χ2v) is 5.20. The highest BCUT2D eigenvalue weighted by atomic mass is 19.1. The Morgan fingerprint density at radius 1 is 0.923 bits per heavy atom. The van der Waals surface area contributed by atoms with Crippen LogP contribution in [-0.2, 0) is 20.8 Å².